The van der Waals surface area contributed by atoms with Crippen LogP contribution in [0.4, 0.5) is 0 Å². The molecule has 2 rings (SSSR count). The number of H-pyrrole nitrogens is 1. The molecule has 0 aliphatic carbocycles. The van der Waals surface area contributed by atoms with Gasteiger partial charge in [-0.3, -0.25) is 4.98 Å². The minimum absolute atomic E-state index is 0.298. The molecule has 0 aliphatic rings. The molecule has 5 heteroatoms. The lowest BCUT2D eigenvalue weighted by Crippen LogP contribution is -2.16. The van der Waals surface area contributed by atoms with Crippen LogP contribution in [0.15, 0.2) is 27.4 Å². The summed E-state index contributed by atoms with van der Waals surface area (Å²) in [6, 6.07) is 6.13. The van der Waals surface area contributed by atoms with Crippen LogP contribution in [0.2, 0.25) is 0 Å². The summed E-state index contributed by atoms with van der Waals surface area (Å²) in [6.45, 7) is 0. The zero-order valence-corrected chi connectivity index (χ0v) is 10.8. The highest BCUT2D eigenvalue weighted by Gasteiger charge is 2.10. The summed E-state index contributed by atoms with van der Waals surface area (Å²) < 4.78 is 5.06. The minimum Gasteiger partial charge on any atom is -0.408 e. The number of aromatic amines is 1. The van der Waals surface area contributed by atoms with Crippen LogP contribution >= 0.6 is 11.8 Å². The van der Waals surface area contributed by atoms with Crippen LogP contribution in [0, 0.1) is 0 Å². The molecule has 0 saturated heterocycles. The van der Waals surface area contributed by atoms with E-state index >= 15 is 0 Å². The minimum atomic E-state index is -0.401. The molecule has 1 heterocycles. The Kier molecular flexibility index (Phi) is 3.91. The molecule has 2 N–H and O–H groups in total. The molecule has 1 atom stereocenters. The number of benzene rings is 1. The quantitative estimate of drug-likeness (QED) is 0.856. The van der Waals surface area contributed by atoms with Gasteiger partial charge in [-0.15, -0.1) is 0 Å². The van der Waals surface area contributed by atoms with Crippen LogP contribution in [-0.4, -0.2) is 24.0 Å². The van der Waals surface area contributed by atoms with Gasteiger partial charge in [0.15, 0.2) is 5.58 Å². The van der Waals surface area contributed by atoms with Gasteiger partial charge in [0, 0.05) is 6.04 Å². The summed E-state index contributed by atoms with van der Waals surface area (Å²) in [5.74, 6) is 0.697. The van der Waals surface area contributed by atoms with Crippen LogP contribution in [0.1, 0.15) is 18.0 Å². The van der Waals surface area contributed by atoms with E-state index in [-0.39, 0.29) is 0 Å². The Hall–Kier alpha value is -1.20. The average Bonchev–Trinajstić information content (AvgIpc) is 2.69. The van der Waals surface area contributed by atoms with Crippen molar-refractivity contribution in [1.29, 1.82) is 0 Å². The maximum absolute atomic E-state index is 11.1. The van der Waals surface area contributed by atoms with Gasteiger partial charge in [-0.05, 0) is 43.2 Å². The first kappa shape index (κ1) is 12.3. The summed E-state index contributed by atoms with van der Waals surface area (Å²) in [6.07, 6.45) is 3.15. The van der Waals surface area contributed by atoms with E-state index in [1.165, 1.54) is 0 Å². The lowest BCUT2D eigenvalue weighted by molar-refractivity contribution is 0.550. The summed E-state index contributed by atoms with van der Waals surface area (Å²) >= 11 is 1.83. The second-order valence-corrected chi connectivity index (χ2v) is 4.88. The fourth-order valence-electron chi connectivity index (χ4n) is 1.89. The van der Waals surface area contributed by atoms with Gasteiger partial charge in [-0.25, -0.2) is 4.79 Å². The van der Waals surface area contributed by atoms with Crippen LogP contribution in [0.5, 0.6) is 0 Å². The molecular formula is C12H16N2O2S. The zero-order chi connectivity index (χ0) is 12.3. The fraction of sp³-hybridized carbons (Fsp3) is 0.417. The van der Waals surface area contributed by atoms with Crippen molar-refractivity contribution < 1.29 is 4.42 Å². The highest BCUT2D eigenvalue weighted by atomic mass is 32.2. The Morgan fingerprint density at radius 3 is 3.06 bits per heavy atom. The number of oxazole rings is 1. The molecule has 0 aliphatic heterocycles. The second-order valence-electron chi connectivity index (χ2n) is 3.89. The van der Waals surface area contributed by atoms with Crippen molar-refractivity contribution in [2.75, 3.05) is 19.1 Å². The van der Waals surface area contributed by atoms with Crippen molar-refractivity contribution in [2.24, 2.45) is 0 Å². The number of nitrogens with one attached hydrogen (secondary N) is 2. The highest BCUT2D eigenvalue weighted by molar-refractivity contribution is 7.98. The first-order valence-electron chi connectivity index (χ1n) is 5.53. The van der Waals surface area contributed by atoms with Gasteiger partial charge >= 0.3 is 5.76 Å². The normalized spacial score (nSPS) is 13.1. The van der Waals surface area contributed by atoms with E-state index in [4.69, 9.17) is 4.42 Å². The fourth-order valence-corrected chi connectivity index (χ4v) is 2.36. The van der Waals surface area contributed by atoms with Crippen molar-refractivity contribution in [1.82, 2.24) is 10.3 Å². The van der Waals surface area contributed by atoms with Gasteiger partial charge in [0.05, 0.1) is 5.52 Å². The molecule has 0 radical (unpaired) electrons. The first-order chi connectivity index (χ1) is 8.24. The molecule has 17 heavy (non-hydrogen) atoms. The standard InChI is InChI=1S/C12H16N2O2S/c1-13-9(5-6-17-2)8-3-4-10-11(7-8)16-12(15)14-10/h3-4,7,9,13H,5-6H2,1-2H3,(H,14,15). The van der Waals surface area contributed by atoms with Gasteiger partial charge in [-0.2, -0.15) is 11.8 Å². The monoisotopic (exact) mass is 252 g/mol. The second kappa shape index (κ2) is 5.42. The van der Waals surface area contributed by atoms with Crippen LogP contribution < -0.4 is 11.1 Å². The van der Waals surface area contributed by atoms with Crippen LogP contribution in [0.3, 0.4) is 0 Å². The smallest absolute Gasteiger partial charge is 0.408 e. The van der Waals surface area contributed by atoms with Gasteiger partial charge < -0.3 is 9.73 Å². The van der Waals surface area contributed by atoms with Gasteiger partial charge in [-0.1, -0.05) is 6.07 Å². The van der Waals surface area contributed by atoms with E-state index in [2.05, 4.69) is 16.6 Å². The molecule has 1 unspecified atom stereocenters. The van der Waals surface area contributed by atoms with Crippen LogP contribution in [0.25, 0.3) is 11.1 Å². The number of hydrogen-bond acceptors (Lipinski definition) is 4. The number of aromatic nitrogens is 1. The summed E-state index contributed by atoms with van der Waals surface area (Å²) in [7, 11) is 1.95. The predicted molar refractivity (Wildman–Crippen MR) is 71.6 cm³/mol. The highest BCUT2D eigenvalue weighted by Crippen LogP contribution is 2.21. The topological polar surface area (TPSA) is 58.0 Å². The van der Waals surface area contributed by atoms with Crippen molar-refractivity contribution in [3.63, 3.8) is 0 Å². The van der Waals surface area contributed by atoms with E-state index in [1.54, 1.807) is 0 Å². The Balaban J connectivity index is 2.30. The number of rotatable bonds is 5. The first-order valence-corrected chi connectivity index (χ1v) is 6.93. The van der Waals surface area contributed by atoms with Gasteiger partial charge in [0.1, 0.15) is 0 Å². The van der Waals surface area contributed by atoms with Crippen LogP contribution in [-0.2, 0) is 0 Å². The average molecular weight is 252 g/mol. The van der Waals surface area contributed by atoms with E-state index < -0.39 is 5.76 Å². The Morgan fingerprint density at radius 2 is 2.35 bits per heavy atom. The number of fused-ring (bicyclic) bond motifs is 1. The molecule has 4 nitrogen and oxygen atoms in total. The van der Waals surface area contributed by atoms with Crippen molar-refractivity contribution in [3.8, 4) is 0 Å². The van der Waals surface area contributed by atoms with Crippen molar-refractivity contribution in [3.05, 3.63) is 34.3 Å². The Bertz CT molecular complexity index is 547. The lowest BCUT2D eigenvalue weighted by Gasteiger charge is -2.15. The molecule has 0 bridgehead atoms. The number of hydrogen-bond donors (Lipinski definition) is 2. The number of thioether (sulfide) groups is 1. The third-order valence-electron chi connectivity index (χ3n) is 2.81. The zero-order valence-electron chi connectivity index (χ0n) is 9.95. The third kappa shape index (κ3) is 2.73. The molecule has 2 aromatic rings. The molecule has 0 saturated carbocycles. The molecule has 1 aromatic heterocycles. The molecular weight excluding hydrogens is 236 g/mol. The summed E-state index contributed by atoms with van der Waals surface area (Å²) in [5, 5.41) is 3.28. The van der Waals surface area contributed by atoms with Crippen molar-refractivity contribution >= 4 is 22.9 Å². The SMILES string of the molecule is CNC(CCSC)c1ccc2[nH]c(=O)oc2c1. The molecule has 0 spiro atoms. The molecule has 0 amide bonds. The molecule has 1 aromatic carbocycles. The van der Waals surface area contributed by atoms with Crippen molar-refractivity contribution in [2.45, 2.75) is 12.5 Å². The Morgan fingerprint density at radius 1 is 1.53 bits per heavy atom. The van der Waals surface area contributed by atoms with E-state index in [1.807, 2.05) is 37.0 Å². The van der Waals surface area contributed by atoms with E-state index in [9.17, 15) is 4.79 Å². The third-order valence-corrected chi connectivity index (χ3v) is 3.45. The van der Waals surface area contributed by atoms with Gasteiger partial charge in [0.2, 0.25) is 0 Å². The molecule has 92 valence electrons. The van der Waals surface area contributed by atoms with E-state index in [0.717, 1.165) is 23.3 Å². The maximum atomic E-state index is 11.1. The van der Waals surface area contributed by atoms with E-state index in [0.29, 0.717) is 11.6 Å². The molecule has 0 fully saturated rings. The largest absolute Gasteiger partial charge is 0.417 e. The van der Waals surface area contributed by atoms with Gasteiger partial charge in [0.25, 0.3) is 0 Å². The maximum Gasteiger partial charge on any atom is 0.417 e. The summed E-state index contributed by atoms with van der Waals surface area (Å²) in [4.78, 5) is 13.7. The predicted octanol–water partition coefficient (Wildman–Crippen LogP) is 2.13. The lowest BCUT2D eigenvalue weighted by atomic mass is 10.0. The summed E-state index contributed by atoms with van der Waals surface area (Å²) in [5.41, 5.74) is 2.52. The Labute approximate surface area is 104 Å².